The molecule has 5 aromatic rings. The number of halogens is 2. The molecule has 1 heterocycles. The fourth-order valence-electron chi connectivity index (χ4n) is 4.43. The third-order valence-corrected chi connectivity index (χ3v) is 6.89. The van der Waals surface area contributed by atoms with Crippen molar-refractivity contribution in [3.63, 3.8) is 0 Å². The van der Waals surface area contributed by atoms with E-state index >= 15 is 4.39 Å². The minimum Gasteiger partial charge on any atom is -0.495 e. The fourth-order valence-corrected chi connectivity index (χ4v) is 5.17. The van der Waals surface area contributed by atoms with Crippen LogP contribution in [0.1, 0.15) is 0 Å². The summed E-state index contributed by atoms with van der Waals surface area (Å²) < 4.78 is 48.8. The molecular formula is C28H21ClFN3O5S. The zero-order valence-corrected chi connectivity index (χ0v) is 22.2. The van der Waals surface area contributed by atoms with E-state index in [9.17, 15) is 18.0 Å². The van der Waals surface area contributed by atoms with Gasteiger partial charge < -0.3 is 4.74 Å². The van der Waals surface area contributed by atoms with E-state index in [1.54, 1.807) is 60.7 Å². The number of fused-ring (bicyclic) bond motifs is 1. The SMILES string of the molecule is COc1c(-c2cccc(Cl)c2)cc(-n2ccc(=O)[nH]c2=O)c(F)c1-c1ccc2cc(NS(C)(=O)=O)ccc2c1. The van der Waals surface area contributed by atoms with Crippen molar-refractivity contribution in [1.29, 1.82) is 0 Å². The Labute approximate surface area is 227 Å². The van der Waals surface area contributed by atoms with Crippen LogP contribution in [0.4, 0.5) is 10.1 Å². The summed E-state index contributed by atoms with van der Waals surface area (Å²) in [6.07, 6.45) is 2.27. The van der Waals surface area contributed by atoms with Crippen molar-refractivity contribution >= 4 is 38.1 Å². The molecule has 1 aromatic heterocycles. The summed E-state index contributed by atoms with van der Waals surface area (Å²) in [6.45, 7) is 0. The minimum atomic E-state index is -3.46. The second-order valence-electron chi connectivity index (χ2n) is 8.81. The average Bonchev–Trinajstić information content (AvgIpc) is 2.87. The molecular weight excluding hydrogens is 545 g/mol. The second kappa shape index (κ2) is 10.0. The Morgan fingerprint density at radius 3 is 2.38 bits per heavy atom. The van der Waals surface area contributed by atoms with Gasteiger partial charge in [0.05, 0.1) is 24.6 Å². The van der Waals surface area contributed by atoms with Gasteiger partial charge in [0.25, 0.3) is 5.56 Å². The summed E-state index contributed by atoms with van der Waals surface area (Å²) in [5.74, 6) is -0.535. The van der Waals surface area contributed by atoms with Gasteiger partial charge in [0.15, 0.2) is 5.82 Å². The van der Waals surface area contributed by atoms with Crippen LogP contribution in [0.25, 0.3) is 38.7 Å². The predicted molar refractivity (Wildman–Crippen MR) is 151 cm³/mol. The lowest BCUT2D eigenvalue weighted by atomic mass is 9.94. The van der Waals surface area contributed by atoms with Crippen LogP contribution in [0.5, 0.6) is 5.75 Å². The first-order valence-electron chi connectivity index (χ1n) is 11.5. The number of sulfonamides is 1. The van der Waals surface area contributed by atoms with Crippen LogP contribution in [-0.2, 0) is 10.0 Å². The molecule has 0 fully saturated rings. The Balaban J connectivity index is 1.79. The predicted octanol–water partition coefficient (Wildman–Crippen LogP) is 5.19. The molecule has 0 saturated heterocycles. The molecule has 0 aliphatic rings. The largest absolute Gasteiger partial charge is 0.495 e. The number of ether oxygens (including phenoxy) is 1. The first kappa shape index (κ1) is 26.2. The van der Waals surface area contributed by atoms with E-state index in [0.717, 1.165) is 22.3 Å². The summed E-state index contributed by atoms with van der Waals surface area (Å²) in [5.41, 5.74) is 0.498. The van der Waals surface area contributed by atoms with Gasteiger partial charge in [-0.3, -0.25) is 19.1 Å². The van der Waals surface area contributed by atoms with Gasteiger partial charge in [0.2, 0.25) is 10.0 Å². The Hall–Kier alpha value is -4.41. The topological polar surface area (TPSA) is 110 Å². The van der Waals surface area contributed by atoms with Crippen molar-refractivity contribution in [2.45, 2.75) is 0 Å². The van der Waals surface area contributed by atoms with E-state index in [4.69, 9.17) is 16.3 Å². The molecule has 0 saturated carbocycles. The van der Waals surface area contributed by atoms with Crippen molar-refractivity contribution < 1.29 is 17.5 Å². The van der Waals surface area contributed by atoms with E-state index < -0.39 is 27.1 Å². The molecule has 2 N–H and O–H groups in total. The van der Waals surface area contributed by atoms with Crippen molar-refractivity contribution in [3.8, 4) is 33.7 Å². The number of aromatic nitrogens is 2. The summed E-state index contributed by atoms with van der Waals surface area (Å²) in [7, 11) is -2.04. The zero-order chi connectivity index (χ0) is 27.9. The Kier molecular flexibility index (Phi) is 6.75. The highest BCUT2D eigenvalue weighted by Gasteiger charge is 2.23. The highest BCUT2D eigenvalue weighted by atomic mass is 35.5. The minimum absolute atomic E-state index is 0.0864. The molecule has 4 aromatic carbocycles. The molecule has 198 valence electrons. The van der Waals surface area contributed by atoms with Gasteiger partial charge in [-0.2, -0.15) is 0 Å². The third-order valence-electron chi connectivity index (χ3n) is 6.05. The summed E-state index contributed by atoms with van der Waals surface area (Å²) in [5, 5.41) is 1.88. The number of methoxy groups -OCH3 is 1. The lowest BCUT2D eigenvalue weighted by molar-refractivity contribution is 0.415. The van der Waals surface area contributed by atoms with Gasteiger partial charge in [0, 0.05) is 28.5 Å². The van der Waals surface area contributed by atoms with Crippen LogP contribution in [0, 0.1) is 5.82 Å². The Bertz CT molecular complexity index is 1990. The van der Waals surface area contributed by atoms with Gasteiger partial charge in [-0.05, 0) is 58.3 Å². The van der Waals surface area contributed by atoms with Gasteiger partial charge >= 0.3 is 5.69 Å². The smallest absolute Gasteiger partial charge is 0.333 e. The number of H-pyrrole nitrogens is 1. The van der Waals surface area contributed by atoms with Crippen LogP contribution < -0.4 is 20.7 Å². The van der Waals surface area contributed by atoms with E-state index in [-0.39, 0.29) is 17.0 Å². The quantitative estimate of drug-likeness (QED) is 0.294. The molecule has 0 spiro atoms. The van der Waals surface area contributed by atoms with Crippen LogP contribution >= 0.6 is 11.6 Å². The van der Waals surface area contributed by atoms with Crippen LogP contribution in [0.2, 0.25) is 5.02 Å². The maximum Gasteiger partial charge on any atom is 0.333 e. The number of nitrogens with zero attached hydrogens (tertiary/aromatic N) is 1. The molecule has 0 aliphatic heterocycles. The monoisotopic (exact) mass is 565 g/mol. The van der Waals surface area contributed by atoms with E-state index in [0.29, 0.717) is 32.8 Å². The molecule has 0 aliphatic carbocycles. The summed E-state index contributed by atoms with van der Waals surface area (Å²) >= 11 is 6.24. The van der Waals surface area contributed by atoms with E-state index in [1.165, 1.54) is 19.4 Å². The number of rotatable bonds is 6. The molecule has 0 atom stereocenters. The maximum atomic E-state index is 16.4. The third kappa shape index (κ3) is 5.29. The normalized spacial score (nSPS) is 11.5. The van der Waals surface area contributed by atoms with Crippen LogP contribution in [0.3, 0.4) is 0 Å². The second-order valence-corrected chi connectivity index (χ2v) is 11.0. The summed E-state index contributed by atoms with van der Waals surface area (Å²) in [4.78, 5) is 26.5. The first-order valence-corrected chi connectivity index (χ1v) is 13.8. The summed E-state index contributed by atoms with van der Waals surface area (Å²) in [6, 6.07) is 19.6. The van der Waals surface area contributed by atoms with Crippen molar-refractivity contribution in [2.75, 3.05) is 18.1 Å². The van der Waals surface area contributed by atoms with Crippen LogP contribution in [0.15, 0.2) is 88.6 Å². The molecule has 39 heavy (non-hydrogen) atoms. The van der Waals surface area contributed by atoms with Gasteiger partial charge in [-0.15, -0.1) is 0 Å². The lowest BCUT2D eigenvalue weighted by Crippen LogP contribution is -2.28. The number of nitrogens with one attached hydrogen (secondary N) is 2. The van der Waals surface area contributed by atoms with E-state index in [1.807, 2.05) is 0 Å². The number of hydrogen-bond donors (Lipinski definition) is 2. The molecule has 11 heteroatoms. The van der Waals surface area contributed by atoms with Gasteiger partial charge in [-0.1, -0.05) is 41.9 Å². The molecule has 5 rings (SSSR count). The zero-order valence-electron chi connectivity index (χ0n) is 20.7. The van der Waals surface area contributed by atoms with Crippen molar-refractivity contribution in [1.82, 2.24) is 9.55 Å². The van der Waals surface area contributed by atoms with Crippen LogP contribution in [-0.4, -0.2) is 31.3 Å². The highest BCUT2D eigenvalue weighted by Crippen LogP contribution is 2.44. The highest BCUT2D eigenvalue weighted by molar-refractivity contribution is 7.92. The standard InChI is InChI=1S/C28H21ClFN3O5S/c1-38-27-22(18-4-3-5-20(29)13-18)15-23(33-11-10-24(34)31-28(33)35)26(30)25(27)19-7-6-17-14-21(32-39(2,36)37)9-8-16(17)12-19/h3-15,32H,1-2H3,(H,31,34,35). The molecule has 8 nitrogen and oxygen atoms in total. The Morgan fingerprint density at radius 2 is 1.69 bits per heavy atom. The molecule has 0 radical (unpaired) electrons. The molecule has 0 unspecified atom stereocenters. The first-order chi connectivity index (χ1) is 18.5. The average molecular weight is 566 g/mol. The van der Waals surface area contributed by atoms with Crippen molar-refractivity contribution in [2.24, 2.45) is 0 Å². The number of aromatic amines is 1. The van der Waals surface area contributed by atoms with Gasteiger partial charge in [-0.25, -0.2) is 17.6 Å². The molecule has 0 bridgehead atoms. The van der Waals surface area contributed by atoms with E-state index in [2.05, 4.69) is 9.71 Å². The van der Waals surface area contributed by atoms with Crippen molar-refractivity contribution in [3.05, 3.63) is 111 Å². The molecule has 0 amide bonds. The Morgan fingerprint density at radius 1 is 0.949 bits per heavy atom. The number of hydrogen-bond acceptors (Lipinski definition) is 5. The number of anilines is 1. The number of benzene rings is 4. The van der Waals surface area contributed by atoms with Gasteiger partial charge in [0.1, 0.15) is 5.75 Å². The lowest BCUT2D eigenvalue weighted by Gasteiger charge is -2.19. The maximum absolute atomic E-state index is 16.4. The fraction of sp³-hybridized carbons (Fsp3) is 0.0714.